The maximum Gasteiger partial charge on any atom is 0.257 e. The van der Waals surface area contributed by atoms with Crippen molar-refractivity contribution in [3.05, 3.63) is 59.9 Å². The number of benzene rings is 2. The summed E-state index contributed by atoms with van der Waals surface area (Å²) in [6, 6.07) is 11.8. The molecule has 0 aromatic heterocycles. The number of rotatable bonds is 5. The molecule has 1 aliphatic heterocycles. The van der Waals surface area contributed by atoms with Crippen molar-refractivity contribution < 1.29 is 22.3 Å². The Bertz CT molecular complexity index is 931. The second-order valence-corrected chi connectivity index (χ2v) is 8.37. The van der Waals surface area contributed by atoms with Crippen LogP contribution in [-0.4, -0.2) is 56.3 Å². The molecule has 0 saturated carbocycles. The van der Waals surface area contributed by atoms with E-state index in [-0.39, 0.29) is 23.9 Å². The molecular formula is C20H23FN2O4S. The van der Waals surface area contributed by atoms with Crippen molar-refractivity contribution in [1.82, 2.24) is 9.21 Å². The van der Waals surface area contributed by atoms with Crippen LogP contribution < -0.4 is 4.74 Å². The summed E-state index contributed by atoms with van der Waals surface area (Å²) in [5, 5.41) is 0. The van der Waals surface area contributed by atoms with E-state index in [1.165, 1.54) is 16.4 Å². The third-order valence-electron chi connectivity index (χ3n) is 4.61. The fraction of sp³-hybridized carbons (Fsp3) is 0.350. The molecule has 8 heteroatoms. The molecule has 1 amide bonds. The van der Waals surface area contributed by atoms with Gasteiger partial charge in [-0.3, -0.25) is 4.79 Å². The number of halogens is 1. The Morgan fingerprint density at radius 2 is 1.75 bits per heavy atom. The van der Waals surface area contributed by atoms with Crippen molar-refractivity contribution in [3.8, 4) is 5.75 Å². The molecule has 0 aliphatic carbocycles. The summed E-state index contributed by atoms with van der Waals surface area (Å²) >= 11 is 0. The van der Waals surface area contributed by atoms with Gasteiger partial charge >= 0.3 is 0 Å². The number of hydrogen-bond acceptors (Lipinski definition) is 4. The molecule has 0 atom stereocenters. The van der Waals surface area contributed by atoms with Crippen LogP contribution in [0.15, 0.2) is 53.4 Å². The highest BCUT2D eigenvalue weighted by Crippen LogP contribution is 2.22. The van der Waals surface area contributed by atoms with Gasteiger partial charge in [0.15, 0.2) is 0 Å². The Labute approximate surface area is 164 Å². The average molecular weight is 406 g/mol. The van der Waals surface area contributed by atoms with Crippen LogP contribution in [0.5, 0.6) is 5.75 Å². The van der Waals surface area contributed by atoms with Gasteiger partial charge in [0.2, 0.25) is 10.0 Å². The fourth-order valence-corrected chi connectivity index (χ4v) is 4.66. The van der Waals surface area contributed by atoms with E-state index >= 15 is 0 Å². The molecule has 28 heavy (non-hydrogen) atoms. The normalized spacial score (nSPS) is 15.9. The minimum atomic E-state index is -3.73. The van der Waals surface area contributed by atoms with Crippen molar-refractivity contribution >= 4 is 15.9 Å². The third-order valence-corrected chi connectivity index (χ3v) is 6.52. The van der Waals surface area contributed by atoms with E-state index in [4.69, 9.17) is 4.74 Å². The van der Waals surface area contributed by atoms with Gasteiger partial charge < -0.3 is 9.64 Å². The topological polar surface area (TPSA) is 66.9 Å². The van der Waals surface area contributed by atoms with Crippen molar-refractivity contribution in [2.75, 3.05) is 32.8 Å². The molecule has 1 aliphatic rings. The first-order chi connectivity index (χ1) is 13.4. The van der Waals surface area contributed by atoms with E-state index in [9.17, 15) is 17.6 Å². The van der Waals surface area contributed by atoms with Crippen LogP contribution in [0.1, 0.15) is 23.7 Å². The van der Waals surface area contributed by atoms with Crippen LogP contribution in [0.3, 0.4) is 0 Å². The molecule has 3 rings (SSSR count). The molecule has 6 nitrogen and oxygen atoms in total. The predicted octanol–water partition coefficient (Wildman–Crippen LogP) is 2.76. The number of carbonyl (C=O) groups excluding carboxylic acids is 1. The van der Waals surface area contributed by atoms with Gasteiger partial charge in [0.05, 0.1) is 17.1 Å². The maximum atomic E-state index is 13.1. The first-order valence-corrected chi connectivity index (χ1v) is 10.6. The Hall–Kier alpha value is -2.45. The van der Waals surface area contributed by atoms with Gasteiger partial charge in [0.1, 0.15) is 11.6 Å². The molecule has 0 unspecified atom stereocenters. The lowest BCUT2D eigenvalue weighted by Gasteiger charge is -2.23. The number of amides is 1. The summed E-state index contributed by atoms with van der Waals surface area (Å²) in [5.74, 6) is -0.139. The number of nitrogens with zero attached hydrogens (tertiary/aromatic N) is 2. The Balaban J connectivity index is 1.75. The van der Waals surface area contributed by atoms with E-state index in [1.54, 1.807) is 29.2 Å². The molecule has 0 N–H and O–H groups in total. The second kappa shape index (κ2) is 8.70. The molecule has 1 heterocycles. The molecular weight excluding hydrogens is 383 g/mol. The van der Waals surface area contributed by atoms with Crippen molar-refractivity contribution in [3.63, 3.8) is 0 Å². The van der Waals surface area contributed by atoms with Gasteiger partial charge in [-0.2, -0.15) is 4.31 Å². The van der Waals surface area contributed by atoms with Gasteiger partial charge in [-0.25, -0.2) is 12.8 Å². The second-order valence-electron chi connectivity index (χ2n) is 6.43. The number of hydrogen-bond donors (Lipinski definition) is 0. The molecule has 2 aromatic carbocycles. The summed E-state index contributed by atoms with van der Waals surface area (Å²) in [5.41, 5.74) is 0.471. The van der Waals surface area contributed by atoms with Crippen LogP contribution in [0.25, 0.3) is 0 Å². The number of sulfonamides is 1. The van der Waals surface area contributed by atoms with Crippen LogP contribution in [0.2, 0.25) is 0 Å². The van der Waals surface area contributed by atoms with E-state index in [1.807, 2.05) is 6.92 Å². The molecule has 1 saturated heterocycles. The first kappa shape index (κ1) is 20.3. The average Bonchev–Trinajstić information content (AvgIpc) is 2.95. The summed E-state index contributed by atoms with van der Waals surface area (Å²) < 4.78 is 45.6. The zero-order valence-electron chi connectivity index (χ0n) is 15.7. The first-order valence-electron chi connectivity index (χ1n) is 9.20. The molecule has 150 valence electrons. The minimum Gasteiger partial charge on any atom is -0.493 e. The SMILES string of the molecule is CCOc1ccccc1C(=O)N1CCCN(S(=O)(=O)c2ccc(F)cc2)CC1. The predicted molar refractivity (Wildman–Crippen MR) is 103 cm³/mol. The summed E-state index contributed by atoms with van der Waals surface area (Å²) in [4.78, 5) is 14.7. The lowest BCUT2D eigenvalue weighted by atomic mass is 10.1. The smallest absolute Gasteiger partial charge is 0.257 e. The van der Waals surface area contributed by atoms with Crippen LogP contribution in [-0.2, 0) is 10.0 Å². The highest BCUT2D eigenvalue weighted by Gasteiger charge is 2.29. The summed E-state index contributed by atoms with van der Waals surface area (Å²) in [6.07, 6.45) is 0.517. The van der Waals surface area contributed by atoms with Crippen molar-refractivity contribution in [2.24, 2.45) is 0 Å². The lowest BCUT2D eigenvalue weighted by molar-refractivity contribution is 0.0760. The monoisotopic (exact) mass is 406 g/mol. The molecule has 1 fully saturated rings. The number of carbonyl (C=O) groups is 1. The quantitative estimate of drug-likeness (QED) is 0.766. The van der Waals surface area contributed by atoms with Gasteiger partial charge in [-0.15, -0.1) is 0 Å². The Morgan fingerprint density at radius 1 is 1.04 bits per heavy atom. The highest BCUT2D eigenvalue weighted by atomic mass is 32.2. The van der Waals surface area contributed by atoms with Crippen LogP contribution >= 0.6 is 0 Å². The largest absolute Gasteiger partial charge is 0.493 e. The van der Waals surface area contributed by atoms with Gasteiger partial charge in [0, 0.05) is 26.2 Å². The van der Waals surface area contributed by atoms with Crippen molar-refractivity contribution in [2.45, 2.75) is 18.2 Å². The third kappa shape index (κ3) is 4.34. The minimum absolute atomic E-state index is 0.0513. The van der Waals surface area contributed by atoms with E-state index < -0.39 is 15.8 Å². The van der Waals surface area contributed by atoms with Crippen molar-refractivity contribution in [1.29, 1.82) is 0 Å². The zero-order valence-corrected chi connectivity index (χ0v) is 16.5. The summed E-state index contributed by atoms with van der Waals surface area (Å²) in [7, 11) is -3.73. The van der Waals surface area contributed by atoms with Crippen LogP contribution in [0.4, 0.5) is 4.39 Å². The van der Waals surface area contributed by atoms with E-state index in [2.05, 4.69) is 0 Å². The Kier molecular flexibility index (Phi) is 6.31. The Morgan fingerprint density at radius 3 is 2.46 bits per heavy atom. The van der Waals surface area contributed by atoms with E-state index in [0.29, 0.717) is 37.4 Å². The lowest BCUT2D eigenvalue weighted by Crippen LogP contribution is -2.37. The molecule has 0 bridgehead atoms. The summed E-state index contributed by atoms with van der Waals surface area (Å²) in [6.45, 7) is 3.52. The molecule has 0 spiro atoms. The fourth-order valence-electron chi connectivity index (χ4n) is 3.19. The van der Waals surface area contributed by atoms with E-state index in [0.717, 1.165) is 12.1 Å². The maximum absolute atomic E-state index is 13.1. The standard InChI is InChI=1S/C20H23FN2O4S/c1-2-27-19-7-4-3-6-18(19)20(24)22-12-5-13-23(15-14-22)28(25,26)17-10-8-16(21)9-11-17/h3-4,6-11H,2,5,12-15H2,1H3. The zero-order chi connectivity index (χ0) is 20.1. The van der Waals surface area contributed by atoms with Gasteiger partial charge in [0.25, 0.3) is 5.91 Å². The number of para-hydroxylation sites is 1. The molecule has 2 aromatic rings. The number of ether oxygens (including phenoxy) is 1. The van der Waals surface area contributed by atoms with Crippen LogP contribution in [0, 0.1) is 5.82 Å². The molecule has 0 radical (unpaired) electrons. The highest BCUT2D eigenvalue weighted by molar-refractivity contribution is 7.89. The van der Waals surface area contributed by atoms with Gasteiger partial charge in [-0.1, -0.05) is 12.1 Å². The van der Waals surface area contributed by atoms with Gasteiger partial charge in [-0.05, 0) is 49.7 Å².